The van der Waals surface area contributed by atoms with Crippen LogP contribution in [0.4, 0.5) is 5.69 Å². The SMILES string of the molecule is CO[C@H]1C(=O)N(C2C(=O)N(c3ccc(-c4ccccc4)cc3)[C@@H]2c2ccc(OCc3ccccc3)cc2OCc2ccccc2)C(=O)[C@@H]1OC. The van der Waals surface area contributed by atoms with Crippen molar-refractivity contribution < 1.29 is 33.3 Å². The van der Waals surface area contributed by atoms with Crippen molar-refractivity contribution in [1.29, 1.82) is 0 Å². The Balaban J connectivity index is 1.29. The van der Waals surface area contributed by atoms with Gasteiger partial charge in [0.15, 0.2) is 12.2 Å². The standard InChI is InChI=1S/C41H36N2O7/c1-47-37-38(48-2)41(46)43(40(37)45)36-35(42(39(36)44)31-20-18-30(19-21-31)29-16-10-5-11-17-29)33-23-22-32(49-25-27-12-6-3-7-13-27)24-34(33)50-26-28-14-8-4-9-15-28/h3-24,35-38H,25-26H2,1-2H3/t35-,36?,37-,38-/m1/s1. The Morgan fingerprint density at radius 3 is 1.60 bits per heavy atom. The van der Waals surface area contributed by atoms with Gasteiger partial charge in [0.2, 0.25) is 0 Å². The van der Waals surface area contributed by atoms with Crippen LogP contribution in [-0.2, 0) is 37.1 Å². The zero-order valence-corrected chi connectivity index (χ0v) is 27.7. The molecular formula is C41H36N2O7. The largest absolute Gasteiger partial charge is 0.489 e. The van der Waals surface area contributed by atoms with Gasteiger partial charge < -0.3 is 23.8 Å². The summed E-state index contributed by atoms with van der Waals surface area (Å²) in [5, 5.41) is 0. The fraction of sp³-hybridized carbons (Fsp3) is 0.195. The average Bonchev–Trinajstić information content (AvgIpc) is 3.40. The molecule has 2 saturated heterocycles. The van der Waals surface area contributed by atoms with E-state index in [1.54, 1.807) is 11.0 Å². The molecule has 0 bridgehead atoms. The highest BCUT2D eigenvalue weighted by Gasteiger charge is 2.61. The quantitative estimate of drug-likeness (QED) is 0.113. The van der Waals surface area contributed by atoms with Gasteiger partial charge in [-0.15, -0.1) is 0 Å². The fourth-order valence-corrected chi connectivity index (χ4v) is 6.58. The molecule has 5 aromatic rings. The topological polar surface area (TPSA) is 94.6 Å². The molecule has 3 amide bonds. The third-order valence-corrected chi connectivity index (χ3v) is 9.13. The maximum absolute atomic E-state index is 14.2. The second kappa shape index (κ2) is 14.4. The number of hydrogen-bond donors (Lipinski definition) is 0. The monoisotopic (exact) mass is 668 g/mol. The van der Waals surface area contributed by atoms with Crippen molar-refractivity contribution in [2.24, 2.45) is 0 Å². The van der Waals surface area contributed by atoms with Crippen LogP contribution < -0.4 is 14.4 Å². The molecule has 9 nitrogen and oxygen atoms in total. The molecule has 1 unspecified atom stereocenters. The van der Waals surface area contributed by atoms with E-state index in [0.29, 0.717) is 29.4 Å². The average molecular weight is 669 g/mol. The molecule has 0 radical (unpaired) electrons. The molecule has 0 aromatic heterocycles. The number of methoxy groups -OCH3 is 2. The lowest BCUT2D eigenvalue weighted by atomic mass is 9.85. The molecule has 4 atom stereocenters. The molecule has 252 valence electrons. The van der Waals surface area contributed by atoms with E-state index in [-0.39, 0.29) is 6.61 Å². The van der Waals surface area contributed by atoms with E-state index in [0.717, 1.165) is 27.2 Å². The summed E-state index contributed by atoms with van der Waals surface area (Å²) in [6.07, 6.45) is -2.33. The van der Waals surface area contributed by atoms with Gasteiger partial charge in [-0.05, 0) is 46.5 Å². The van der Waals surface area contributed by atoms with Crippen molar-refractivity contribution in [2.45, 2.75) is 37.5 Å². The second-order valence-electron chi connectivity index (χ2n) is 12.1. The van der Waals surface area contributed by atoms with E-state index in [1.807, 2.05) is 127 Å². The highest BCUT2D eigenvalue weighted by atomic mass is 16.5. The Morgan fingerprint density at radius 2 is 1.04 bits per heavy atom. The predicted octanol–water partition coefficient (Wildman–Crippen LogP) is 6.37. The van der Waals surface area contributed by atoms with Gasteiger partial charge in [0, 0.05) is 31.5 Å². The van der Waals surface area contributed by atoms with Crippen molar-refractivity contribution in [2.75, 3.05) is 19.1 Å². The summed E-state index contributed by atoms with van der Waals surface area (Å²) in [6.45, 7) is 0.586. The summed E-state index contributed by atoms with van der Waals surface area (Å²) in [6, 6.07) is 40.6. The summed E-state index contributed by atoms with van der Waals surface area (Å²) >= 11 is 0. The van der Waals surface area contributed by atoms with Crippen LogP contribution in [0.2, 0.25) is 0 Å². The van der Waals surface area contributed by atoms with Crippen LogP contribution in [0.25, 0.3) is 11.1 Å². The molecule has 0 spiro atoms. The van der Waals surface area contributed by atoms with Crippen LogP contribution in [0.15, 0.2) is 133 Å². The van der Waals surface area contributed by atoms with Gasteiger partial charge >= 0.3 is 0 Å². The minimum absolute atomic E-state index is 0.242. The van der Waals surface area contributed by atoms with E-state index in [4.69, 9.17) is 18.9 Å². The number of β-lactam (4-membered cyclic amide) rings is 1. The molecular weight excluding hydrogens is 632 g/mol. The Labute approximate surface area is 290 Å². The Kier molecular flexibility index (Phi) is 9.42. The van der Waals surface area contributed by atoms with Crippen LogP contribution in [0.5, 0.6) is 11.5 Å². The number of carbonyl (C=O) groups is 3. The van der Waals surface area contributed by atoms with E-state index >= 15 is 0 Å². The fourth-order valence-electron chi connectivity index (χ4n) is 6.58. The number of likely N-dealkylation sites (tertiary alicyclic amines) is 1. The second-order valence-corrected chi connectivity index (χ2v) is 12.1. The summed E-state index contributed by atoms with van der Waals surface area (Å²) in [7, 11) is 2.69. The first-order valence-electron chi connectivity index (χ1n) is 16.4. The number of anilines is 1. The van der Waals surface area contributed by atoms with E-state index < -0.39 is 42.0 Å². The molecule has 9 heteroatoms. The molecule has 2 heterocycles. The molecule has 5 aromatic carbocycles. The van der Waals surface area contributed by atoms with Gasteiger partial charge in [-0.3, -0.25) is 19.3 Å². The highest BCUT2D eigenvalue weighted by Crippen LogP contribution is 2.47. The van der Waals surface area contributed by atoms with Crippen molar-refractivity contribution in [1.82, 2.24) is 4.90 Å². The number of nitrogens with zero attached hydrogens (tertiary/aromatic N) is 2. The lowest BCUT2D eigenvalue weighted by Gasteiger charge is -2.50. The predicted molar refractivity (Wildman–Crippen MR) is 187 cm³/mol. The third-order valence-electron chi connectivity index (χ3n) is 9.13. The zero-order valence-electron chi connectivity index (χ0n) is 27.7. The summed E-state index contributed by atoms with van der Waals surface area (Å²) in [5.41, 5.74) is 5.19. The molecule has 7 rings (SSSR count). The van der Waals surface area contributed by atoms with Gasteiger partial charge in [0.1, 0.15) is 30.8 Å². The summed E-state index contributed by atoms with van der Waals surface area (Å²) in [5.74, 6) is -0.635. The van der Waals surface area contributed by atoms with Gasteiger partial charge in [-0.1, -0.05) is 103 Å². The third kappa shape index (κ3) is 6.24. The van der Waals surface area contributed by atoms with Crippen LogP contribution >= 0.6 is 0 Å². The number of hydrogen-bond acceptors (Lipinski definition) is 7. The number of ether oxygens (including phenoxy) is 4. The van der Waals surface area contributed by atoms with Crippen molar-refractivity contribution >= 4 is 23.4 Å². The summed E-state index contributed by atoms with van der Waals surface area (Å²) < 4.78 is 23.4. The van der Waals surface area contributed by atoms with Crippen molar-refractivity contribution in [3.8, 4) is 22.6 Å². The van der Waals surface area contributed by atoms with Crippen LogP contribution in [0.1, 0.15) is 22.7 Å². The zero-order chi connectivity index (χ0) is 34.6. The molecule has 2 fully saturated rings. The van der Waals surface area contributed by atoms with Crippen molar-refractivity contribution in [3.05, 3.63) is 150 Å². The number of rotatable bonds is 12. The maximum Gasteiger partial charge on any atom is 0.262 e. The maximum atomic E-state index is 14.2. The summed E-state index contributed by atoms with van der Waals surface area (Å²) in [4.78, 5) is 44.2. The van der Waals surface area contributed by atoms with Crippen LogP contribution in [-0.4, -0.2) is 55.1 Å². The molecule has 0 aliphatic carbocycles. The first-order chi connectivity index (χ1) is 24.5. The van der Waals surface area contributed by atoms with Crippen molar-refractivity contribution in [3.63, 3.8) is 0 Å². The van der Waals surface area contributed by atoms with Gasteiger partial charge in [0.25, 0.3) is 17.7 Å². The Morgan fingerprint density at radius 1 is 0.520 bits per heavy atom. The van der Waals surface area contributed by atoms with Crippen LogP contribution in [0, 0.1) is 0 Å². The Hall–Kier alpha value is -5.77. The molecule has 0 saturated carbocycles. The lowest BCUT2D eigenvalue weighted by Crippen LogP contribution is -2.67. The first-order valence-corrected chi connectivity index (χ1v) is 16.4. The normalized spacial score (nSPS) is 20.2. The smallest absolute Gasteiger partial charge is 0.262 e. The molecule has 50 heavy (non-hydrogen) atoms. The molecule has 2 aliphatic heterocycles. The number of carbonyl (C=O) groups excluding carboxylic acids is 3. The van der Waals surface area contributed by atoms with E-state index in [1.165, 1.54) is 14.2 Å². The van der Waals surface area contributed by atoms with Crippen LogP contribution in [0.3, 0.4) is 0 Å². The minimum Gasteiger partial charge on any atom is -0.489 e. The molecule has 0 N–H and O–H groups in total. The minimum atomic E-state index is -1.16. The Bertz CT molecular complexity index is 1950. The van der Waals surface area contributed by atoms with E-state index in [9.17, 15) is 14.4 Å². The molecule has 2 aliphatic rings. The van der Waals surface area contributed by atoms with Gasteiger partial charge in [-0.2, -0.15) is 0 Å². The number of amides is 3. The first kappa shape index (κ1) is 32.8. The lowest BCUT2D eigenvalue weighted by molar-refractivity contribution is -0.153. The number of benzene rings is 5. The number of imide groups is 1. The van der Waals surface area contributed by atoms with Gasteiger partial charge in [-0.25, -0.2) is 0 Å². The van der Waals surface area contributed by atoms with E-state index in [2.05, 4.69) is 0 Å². The van der Waals surface area contributed by atoms with Gasteiger partial charge in [0.05, 0.1) is 6.04 Å². The highest BCUT2D eigenvalue weighted by molar-refractivity contribution is 6.16.